The fraction of sp³-hybridized carbons (Fsp3) is 0. The molecule has 0 saturated carbocycles. The topological polar surface area (TPSA) is 70.7 Å². The molecule has 0 bridgehead atoms. The van der Waals surface area contributed by atoms with Gasteiger partial charge in [0, 0.05) is 18.2 Å². The highest BCUT2D eigenvalue weighted by Crippen LogP contribution is 2.26. The van der Waals surface area contributed by atoms with E-state index in [-0.39, 0.29) is 22.5 Å². The highest BCUT2D eigenvalue weighted by Gasteiger charge is 2.07. The van der Waals surface area contributed by atoms with Crippen LogP contribution in [0, 0.1) is 6.26 Å². The Bertz CT molecular complexity index is 512. The number of phenols is 2. The third-order valence-electron chi connectivity index (χ3n) is 1.67. The predicted octanol–water partition coefficient (Wildman–Crippen LogP) is 1.00. The van der Waals surface area contributed by atoms with Crippen molar-refractivity contribution in [1.29, 1.82) is 0 Å². The zero-order chi connectivity index (χ0) is 9.42. The van der Waals surface area contributed by atoms with Crippen LogP contribution in [-0.4, -0.2) is 10.2 Å². The lowest BCUT2D eigenvalue weighted by molar-refractivity contribution is 0.451. The highest BCUT2D eigenvalue weighted by molar-refractivity contribution is 5.84. The van der Waals surface area contributed by atoms with E-state index in [9.17, 15) is 9.90 Å². The lowest BCUT2D eigenvalue weighted by Crippen LogP contribution is -1.98. The molecule has 4 heteroatoms. The lowest BCUT2D eigenvalue weighted by Gasteiger charge is -1.98. The summed E-state index contributed by atoms with van der Waals surface area (Å²) in [6.07, 6.45) is 2.25. The van der Waals surface area contributed by atoms with Crippen LogP contribution in [0.5, 0.6) is 11.5 Å². The molecule has 1 radical (unpaired) electrons. The number of aromatic hydroxyl groups is 2. The second kappa shape index (κ2) is 2.52. The molecule has 13 heavy (non-hydrogen) atoms. The van der Waals surface area contributed by atoms with E-state index in [1.807, 2.05) is 0 Å². The number of hydrogen-bond acceptors (Lipinski definition) is 4. The third-order valence-corrected chi connectivity index (χ3v) is 1.67. The minimum Gasteiger partial charge on any atom is -0.508 e. The molecule has 0 spiro atoms. The van der Waals surface area contributed by atoms with E-state index in [2.05, 4.69) is 6.26 Å². The average Bonchev–Trinajstić information content (AvgIpc) is 2.02. The zero-order valence-corrected chi connectivity index (χ0v) is 6.44. The van der Waals surface area contributed by atoms with Gasteiger partial charge in [-0.2, -0.15) is 0 Å². The number of fused-ring (bicyclic) bond motifs is 1. The highest BCUT2D eigenvalue weighted by atomic mass is 16.3. The van der Waals surface area contributed by atoms with Crippen LogP contribution in [0.4, 0.5) is 0 Å². The largest absolute Gasteiger partial charge is 0.508 e. The van der Waals surface area contributed by atoms with Crippen molar-refractivity contribution in [3.05, 3.63) is 34.7 Å². The molecule has 0 saturated heterocycles. The molecule has 4 nitrogen and oxygen atoms in total. The van der Waals surface area contributed by atoms with E-state index in [1.54, 1.807) is 0 Å². The van der Waals surface area contributed by atoms with Gasteiger partial charge in [0.1, 0.15) is 22.5 Å². The van der Waals surface area contributed by atoms with Crippen LogP contribution in [0.3, 0.4) is 0 Å². The van der Waals surface area contributed by atoms with Crippen molar-refractivity contribution in [3.63, 3.8) is 0 Å². The average molecular weight is 177 g/mol. The normalized spacial score (nSPS) is 10.5. The summed E-state index contributed by atoms with van der Waals surface area (Å²) < 4.78 is 4.81. The first kappa shape index (κ1) is 7.67. The van der Waals surface area contributed by atoms with Gasteiger partial charge in [-0.25, -0.2) is 0 Å². The molecule has 2 rings (SSSR count). The quantitative estimate of drug-likeness (QED) is 0.629. The minimum atomic E-state index is -0.390. The van der Waals surface area contributed by atoms with Crippen molar-refractivity contribution in [2.45, 2.75) is 0 Å². The van der Waals surface area contributed by atoms with Crippen molar-refractivity contribution in [2.75, 3.05) is 0 Å². The molecule has 0 aliphatic heterocycles. The van der Waals surface area contributed by atoms with Crippen molar-refractivity contribution < 1.29 is 14.6 Å². The molecule has 0 fully saturated rings. The number of phenolic OH excluding ortho intramolecular Hbond substituents is 2. The maximum Gasteiger partial charge on any atom is 0.197 e. The molecule has 0 atom stereocenters. The SMILES string of the molecule is O=c1c[c]oc2cc(O)cc(O)c12. The Morgan fingerprint density at radius 1 is 1.31 bits per heavy atom. The van der Waals surface area contributed by atoms with Crippen molar-refractivity contribution in [1.82, 2.24) is 0 Å². The Labute approximate surface area is 72.7 Å². The van der Waals surface area contributed by atoms with E-state index in [4.69, 9.17) is 9.52 Å². The van der Waals surface area contributed by atoms with E-state index in [0.29, 0.717) is 0 Å². The second-order valence-corrected chi connectivity index (χ2v) is 2.57. The number of benzene rings is 1. The van der Waals surface area contributed by atoms with Crippen molar-refractivity contribution >= 4 is 11.0 Å². The molecule has 0 amide bonds. The Morgan fingerprint density at radius 3 is 2.85 bits per heavy atom. The fourth-order valence-corrected chi connectivity index (χ4v) is 1.13. The standard InChI is InChI=1S/C9H5O4/c10-5-3-7(12)9-6(11)1-2-13-8(9)4-5/h1,3-4,10,12H. The van der Waals surface area contributed by atoms with E-state index in [1.165, 1.54) is 6.07 Å². The molecule has 2 aromatic rings. The first-order valence-corrected chi connectivity index (χ1v) is 3.54. The predicted molar refractivity (Wildman–Crippen MR) is 44.6 cm³/mol. The van der Waals surface area contributed by atoms with Gasteiger partial charge < -0.3 is 14.6 Å². The van der Waals surface area contributed by atoms with Gasteiger partial charge in [0.05, 0.1) is 0 Å². The van der Waals surface area contributed by atoms with Crippen LogP contribution in [-0.2, 0) is 0 Å². The summed E-state index contributed by atoms with van der Waals surface area (Å²) in [6, 6.07) is 3.41. The molecule has 1 heterocycles. The number of rotatable bonds is 0. The minimum absolute atomic E-state index is 0.0524. The van der Waals surface area contributed by atoms with Gasteiger partial charge in [-0.15, -0.1) is 0 Å². The monoisotopic (exact) mass is 177 g/mol. The number of hydrogen-bond donors (Lipinski definition) is 2. The van der Waals surface area contributed by atoms with Crippen LogP contribution in [0.25, 0.3) is 11.0 Å². The molecular weight excluding hydrogens is 172 g/mol. The summed E-state index contributed by atoms with van der Waals surface area (Å²) in [5.41, 5.74) is -0.274. The van der Waals surface area contributed by atoms with E-state index in [0.717, 1.165) is 12.1 Å². The van der Waals surface area contributed by atoms with Gasteiger partial charge >= 0.3 is 0 Å². The van der Waals surface area contributed by atoms with Crippen LogP contribution in [0.2, 0.25) is 0 Å². The van der Waals surface area contributed by atoms with Crippen LogP contribution in [0.1, 0.15) is 0 Å². The summed E-state index contributed by atoms with van der Waals surface area (Å²) in [5.74, 6) is -0.453. The van der Waals surface area contributed by atoms with Gasteiger partial charge in [-0.3, -0.25) is 4.79 Å². The Balaban J connectivity index is 3.03. The van der Waals surface area contributed by atoms with Gasteiger partial charge in [-0.1, -0.05) is 0 Å². The zero-order valence-electron chi connectivity index (χ0n) is 6.44. The molecule has 65 valence electrons. The van der Waals surface area contributed by atoms with E-state index < -0.39 is 5.43 Å². The van der Waals surface area contributed by atoms with Gasteiger partial charge in [0.25, 0.3) is 0 Å². The van der Waals surface area contributed by atoms with E-state index >= 15 is 0 Å². The first-order valence-electron chi connectivity index (χ1n) is 3.54. The summed E-state index contributed by atoms with van der Waals surface area (Å²) in [4.78, 5) is 11.2. The van der Waals surface area contributed by atoms with Crippen molar-refractivity contribution in [2.24, 2.45) is 0 Å². The Kier molecular flexibility index (Phi) is 1.48. The molecule has 1 aromatic heterocycles. The van der Waals surface area contributed by atoms with Crippen molar-refractivity contribution in [3.8, 4) is 11.5 Å². The fourth-order valence-electron chi connectivity index (χ4n) is 1.13. The molecular formula is C9H5O4. The summed E-state index contributed by atoms with van der Waals surface area (Å²) in [7, 11) is 0. The Morgan fingerprint density at radius 2 is 2.08 bits per heavy atom. The molecule has 0 aliphatic carbocycles. The smallest absolute Gasteiger partial charge is 0.197 e. The van der Waals surface area contributed by atoms with Crippen LogP contribution >= 0.6 is 0 Å². The molecule has 0 unspecified atom stereocenters. The Hall–Kier alpha value is -1.97. The maximum absolute atomic E-state index is 11.2. The van der Waals surface area contributed by atoms with Crippen LogP contribution in [0.15, 0.2) is 27.4 Å². The van der Waals surface area contributed by atoms with Gasteiger partial charge in [0.15, 0.2) is 11.7 Å². The summed E-state index contributed by atoms with van der Waals surface area (Å²) in [5, 5.41) is 18.4. The van der Waals surface area contributed by atoms with Crippen LogP contribution < -0.4 is 5.43 Å². The summed E-state index contributed by atoms with van der Waals surface area (Å²) >= 11 is 0. The van der Waals surface area contributed by atoms with Gasteiger partial charge in [-0.05, 0) is 0 Å². The molecule has 2 N–H and O–H groups in total. The lowest BCUT2D eigenvalue weighted by atomic mass is 10.2. The molecule has 0 aliphatic rings. The summed E-state index contributed by atoms with van der Waals surface area (Å²) in [6.45, 7) is 0. The molecule has 1 aromatic carbocycles. The first-order chi connectivity index (χ1) is 6.18. The third kappa shape index (κ3) is 1.12. The second-order valence-electron chi connectivity index (χ2n) is 2.57. The van der Waals surface area contributed by atoms with Gasteiger partial charge in [0.2, 0.25) is 0 Å². The maximum atomic E-state index is 11.2.